The summed E-state index contributed by atoms with van der Waals surface area (Å²) < 4.78 is 28.6. The fourth-order valence-electron chi connectivity index (χ4n) is 10.5. The lowest BCUT2D eigenvalue weighted by molar-refractivity contribution is -0.301. The number of aliphatic hydroxyl groups is 2. The van der Waals surface area contributed by atoms with Gasteiger partial charge < -0.3 is 39.0 Å². The average molecular weight is 1220 g/mol. The minimum atomic E-state index is -1.91. The van der Waals surface area contributed by atoms with E-state index in [1.165, 1.54) is 122 Å². The third kappa shape index (κ3) is 51.4. The molecule has 1 aliphatic rings. The van der Waals surface area contributed by atoms with E-state index in [9.17, 15) is 34.5 Å². The van der Waals surface area contributed by atoms with Gasteiger partial charge in [0.05, 0.1) is 6.61 Å². The van der Waals surface area contributed by atoms with Crippen LogP contribution in [0.5, 0.6) is 0 Å². The van der Waals surface area contributed by atoms with Gasteiger partial charge in [0.1, 0.15) is 18.8 Å². The second-order valence-corrected chi connectivity index (χ2v) is 24.1. The van der Waals surface area contributed by atoms with E-state index in [-0.39, 0.29) is 25.9 Å². The third-order valence-corrected chi connectivity index (χ3v) is 16.0. The summed E-state index contributed by atoms with van der Waals surface area (Å²) in [6.45, 7) is 5.90. The molecule has 0 aromatic rings. The molecule has 0 saturated carbocycles. The van der Waals surface area contributed by atoms with Crippen molar-refractivity contribution < 1.29 is 58.2 Å². The molecule has 1 heterocycles. The Hall–Kier alpha value is -4.10. The van der Waals surface area contributed by atoms with Gasteiger partial charge in [0, 0.05) is 19.3 Å². The van der Waals surface area contributed by atoms with Gasteiger partial charge in [-0.15, -0.1) is 0 Å². The monoisotopic (exact) mass is 1220 g/mol. The Labute approximate surface area is 531 Å². The van der Waals surface area contributed by atoms with Crippen molar-refractivity contribution in [2.75, 3.05) is 13.2 Å². The van der Waals surface area contributed by atoms with E-state index in [0.717, 1.165) is 135 Å². The van der Waals surface area contributed by atoms with Gasteiger partial charge in [0.25, 0.3) is 0 Å². The molecule has 6 unspecified atom stereocenters. The van der Waals surface area contributed by atoms with Gasteiger partial charge in [-0.25, -0.2) is 4.79 Å². The lowest BCUT2D eigenvalue weighted by atomic mass is 9.98. The molecule has 6 atom stereocenters. The first-order valence-corrected chi connectivity index (χ1v) is 35.6. The van der Waals surface area contributed by atoms with Crippen molar-refractivity contribution in [3.8, 4) is 0 Å². The number of carboxylic acids is 1. The maximum absolute atomic E-state index is 13.3. The molecule has 0 aromatic carbocycles. The smallest absolute Gasteiger partial charge is 0.335 e. The first-order chi connectivity index (χ1) is 42.6. The maximum atomic E-state index is 13.3. The van der Waals surface area contributed by atoms with Crippen molar-refractivity contribution >= 4 is 23.9 Å². The number of aliphatic carboxylic acids is 1. The third-order valence-electron chi connectivity index (χ3n) is 16.0. The summed E-state index contributed by atoms with van der Waals surface area (Å²) in [5.41, 5.74) is 0. The Balaban J connectivity index is 2.65. The molecule has 87 heavy (non-hydrogen) atoms. The molecule has 0 amide bonds. The molecule has 0 aromatic heterocycles. The number of esters is 3. The number of carbonyl (C=O) groups excluding carboxylic acids is 3. The van der Waals surface area contributed by atoms with Gasteiger partial charge >= 0.3 is 23.9 Å². The molecule has 12 nitrogen and oxygen atoms in total. The SMILES string of the molecule is CC/C=C\C/C=C\C/C=C\C/C=C\CCCCCCCCC(=O)OC1C(OCC(COC(=O)CCCCCCCC/C=C\C/C=C\C/C=C\CCCCC)OC(=O)CCCCCCCCCCCCCCCCCCCCC)OC(C(=O)O)C(O)C1O. The van der Waals surface area contributed by atoms with Crippen LogP contribution in [0.15, 0.2) is 85.1 Å². The number of rotatable bonds is 61. The molecule has 0 bridgehead atoms. The quantitative estimate of drug-likeness (QED) is 0.0228. The van der Waals surface area contributed by atoms with E-state index in [1.807, 2.05) is 0 Å². The van der Waals surface area contributed by atoms with E-state index in [4.69, 9.17) is 23.7 Å². The molecular formula is C75H128O12. The number of allylic oxidation sites excluding steroid dienone is 14. The number of carboxylic acid groups (broad SMARTS) is 1. The molecule has 500 valence electrons. The van der Waals surface area contributed by atoms with E-state index in [2.05, 4.69) is 106 Å². The summed E-state index contributed by atoms with van der Waals surface area (Å²) in [5, 5.41) is 31.7. The van der Waals surface area contributed by atoms with Crippen LogP contribution in [0.4, 0.5) is 0 Å². The number of hydrogen-bond donors (Lipinski definition) is 3. The van der Waals surface area contributed by atoms with Crippen LogP contribution >= 0.6 is 0 Å². The van der Waals surface area contributed by atoms with Crippen molar-refractivity contribution in [3.63, 3.8) is 0 Å². The van der Waals surface area contributed by atoms with Crippen LogP contribution in [0, 0.1) is 0 Å². The Bertz CT molecular complexity index is 1830. The molecule has 1 aliphatic heterocycles. The van der Waals surface area contributed by atoms with Crippen molar-refractivity contribution in [1.82, 2.24) is 0 Å². The highest BCUT2D eigenvalue weighted by Crippen LogP contribution is 2.27. The first kappa shape index (κ1) is 80.9. The standard InChI is InChI=1S/C75H128O12/c1-4-7-10-13-16-19-22-25-28-31-34-37-40-43-46-49-52-55-58-61-67(76)83-64-66(85-68(77)62-59-56-53-50-47-44-41-38-35-32-29-26-23-20-17-14-11-8-5-2)65-84-75-73(71(80)70(79)72(87-75)74(81)82)86-69(78)63-60-57-54-51-48-45-42-39-36-33-30-27-24-21-18-15-12-9-6-3/h9,12,16,18-19,21,25,27-28,30,34,36-37,39,66,70-73,75,79-80H,4-8,10-11,13-15,17,20,22-24,26,29,31-33,35,38,40-65H2,1-3H3,(H,81,82)/b12-9-,19-16-,21-18-,28-25-,30-27-,37-34-,39-36-. The molecule has 1 fully saturated rings. The number of aliphatic hydroxyl groups excluding tert-OH is 2. The summed E-state index contributed by atoms with van der Waals surface area (Å²) >= 11 is 0. The fraction of sp³-hybridized carbons (Fsp3) is 0.760. The van der Waals surface area contributed by atoms with Crippen LogP contribution in [-0.4, -0.2) is 89.2 Å². The molecule has 1 rings (SSSR count). The van der Waals surface area contributed by atoms with E-state index >= 15 is 0 Å². The molecule has 0 spiro atoms. The second-order valence-electron chi connectivity index (χ2n) is 24.1. The van der Waals surface area contributed by atoms with Gasteiger partial charge in [-0.1, -0.05) is 286 Å². The summed E-state index contributed by atoms with van der Waals surface area (Å²) in [5.74, 6) is -3.13. The van der Waals surface area contributed by atoms with Crippen molar-refractivity contribution in [2.24, 2.45) is 0 Å². The first-order valence-electron chi connectivity index (χ1n) is 35.6. The van der Waals surface area contributed by atoms with Crippen molar-refractivity contribution in [3.05, 3.63) is 85.1 Å². The minimum absolute atomic E-state index is 0.0415. The second kappa shape index (κ2) is 62.1. The Morgan fingerprint density at radius 3 is 1.13 bits per heavy atom. The normalized spacial score (nSPS) is 17.8. The molecule has 12 heteroatoms. The predicted molar refractivity (Wildman–Crippen MR) is 358 cm³/mol. The van der Waals surface area contributed by atoms with Gasteiger partial charge in [-0.3, -0.25) is 14.4 Å². The van der Waals surface area contributed by atoms with Crippen LogP contribution in [0.25, 0.3) is 0 Å². The Morgan fingerprint density at radius 2 is 0.724 bits per heavy atom. The highest BCUT2D eigenvalue weighted by Gasteiger charge is 2.50. The zero-order valence-electron chi connectivity index (χ0n) is 55.5. The van der Waals surface area contributed by atoms with Gasteiger partial charge in [0.15, 0.2) is 24.6 Å². The van der Waals surface area contributed by atoms with Crippen LogP contribution in [0.3, 0.4) is 0 Å². The summed E-state index contributed by atoms with van der Waals surface area (Å²) in [6, 6.07) is 0. The van der Waals surface area contributed by atoms with E-state index in [0.29, 0.717) is 19.3 Å². The van der Waals surface area contributed by atoms with Crippen molar-refractivity contribution in [1.29, 1.82) is 0 Å². The molecule has 0 radical (unpaired) electrons. The number of unbranched alkanes of at least 4 members (excludes halogenated alkanes) is 33. The van der Waals surface area contributed by atoms with Crippen LogP contribution < -0.4 is 0 Å². The van der Waals surface area contributed by atoms with Gasteiger partial charge in [0.2, 0.25) is 0 Å². The molecule has 0 aliphatic carbocycles. The Kier molecular flexibility index (Phi) is 57.8. The maximum Gasteiger partial charge on any atom is 0.335 e. The van der Waals surface area contributed by atoms with E-state index in [1.54, 1.807) is 0 Å². The molecule has 3 N–H and O–H groups in total. The summed E-state index contributed by atoms with van der Waals surface area (Å²) in [7, 11) is 0. The van der Waals surface area contributed by atoms with Gasteiger partial charge in [-0.2, -0.15) is 0 Å². The largest absolute Gasteiger partial charge is 0.479 e. The zero-order chi connectivity index (χ0) is 63.1. The zero-order valence-corrected chi connectivity index (χ0v) is 55.5. The van der Waals surface area contributed by atoms with Crippen LogP contribution in [0.1, 0.15) is 316 Å². The number of carbonyl (C=O) groups is 4. The summed E-state index contributed by atoms with van der Waals surface area (Å²) in [4.78, 5) is 51.5. The lowest BCUT2D eigenvalue weighted by Crippen LogP contribution is -2.61. The minimum Gasteiger partial charge on any atom is -0.479 e. The van der Waals surface area contributed by atoms with E-state index < -0.39 is 67.3 Å². The Morgan fingerprint density at radius 1 is 0.391 bits per heavy atom. The van der Waals surface area contributed by atoms with Crippen molar-refractivity contribution in [2.45, 2.75) is 353 Å². The average Bonchev–Trinajstić information content (AvgIpc) is 2.60. The van der Waals surface area contributed by atoms with Crippen LogP contribution in [0.2, 0.25) is 0 Å². The lowest BCUT2D eigenvalue weighted by Gasteiger charge is -2.40. The topological polar surface area (TPSA) is 175 Å². The van der Waals surface area contributed by atoms with Gasteiger partial charge in [-0.05, 0) is 96.3 Å². The fourth-order valence-corrected chi connectivity index (χ4v) is 10.5. The molecule has 1 saturated heterocycles. The highest BCUT2D eigenvalue weighted by molar-refractivity contribution is 5.74. The summed E-state index contributed by atoms with van der Waals surface area (Å²) in [6.07, 6.45) is 69.6. The number of hydrogen-bond acceptors (Lipinski definition) is 11. The molecular weight excluding hydrogens is 1090 g/mol. The number of ether oxygens (including phenoxy) is 5. The highest BCUT2D eigenvalue weighted by atomic mass is 16.7. The predicted octanol–water partition coefficient (Wildman–Crippen LogP) is 19.8. The van der Waals surface area contributed by atoms with Crippen LogP contribution in [-0.2, 0) is 42.9 Å².